The van der Waals surface area contributed by atoms with Crippen molar-refractivity contribution in [2.75, 3.05) is 5.32 Å². The Morgan fingerprint density at radius 1 is 1.33 bits per heavy atom. The Morgan fingerprint density at radius 3 is 2.78 bits per heavy atom. The van der Waals surface area contributed by atoms with Crippen molar-refractivity contribution in [2.45, 2.75) is 24.8 Å². The van der Waals surface area contributed by atoms with E-state index in [0.29, 0.717) is 12.0 Å². The molecule has 1 aliphatic rings. The molecule has 0 bridgehead atoms. The van der Waals surface area contributed by atoms with Gasteiger partial charge in [-0.3, -0.25) is 4.68 Å². The first-order chi connectivity index (χ1) is 8.72. The van der Waals surface area contributed by atoms with Gasteiger partial charge in [0.05, 0.1) is 11.9 Å². The molecule has 1 aliphatic carbocycles. The summed E-state index contributed by atoms with van der Waals surface area (Å²) < 4.78 is 3.06. The van der Waals surface area contributed by atoms with Gasteiger partial charge in [-0.25, -0.2) is 0 Å². The van der Waals surface area contributed by atoms with E-state index in [2.05, 4.69) is 50.6 Å². The predicted octanol–water partition coefficient (Wildman–Crippen LogP) is 3.54. The fraction of sp³-hybridized carbons (Fsp3) is 0.357. The average molecular weight is 306 g/mol. The second-order valence-corrected chi connectivity index (χ2v) is 5.79. The fourth-order valence-electron chi connectivity index (χ4n) is 2.53. The lowest BCUT2D eigenvalue weighted by molar-refractivity contribution is 0.373. The number of halogens is 1. The number of aromatic nitrogens is 2. The van der Waals surface area contributed by atoms with Crippen LogP contribution in [0.1, 0.15) is 24.3 Å². The van der Waals surface area contributed by atoms with Crippen LogP contribution in [0.25, 0.3) is 0 Å². The summed E-state index contributed by atoms with van der Waals surface area (Å²) >= 11 is 3.63. The van der Waals surface area contributed by atoms with E-state index in [1.807, 2.05) is 24.1 Å². The van der Waals surface area contributed by atoms with Gasteiger partial charge in [0.1, 0.15) is 0 Å². The van der Waals surface area contributed by atoms with Crippen molar-refractivity contribution in [3.05, 3.63) is 46.7 Å². The molecule has 4 heteroatoms. The Labute approximate surface area is 115 Å². The van der Waals surface area contributed by atoms with Gasteiger partial charge in [-0.1, -0.05) is 34.1 Å². The third-order valence-electron chi connectivity index (χ3n) is 3.56. The van der Waals surface area contributed by atoms with E-state index in [4.69, 9.17) is 0 Å². The molecule has 1 N–H and O–H groups in total. The third-order valence-corrected chi connectivity index (χ3v) is 4.28. The summed E-state index contributed by atoms with van der Waals surface area (Å²) in [6.45, 7) is 0. The molecule has 1 aromatic carbocycles. The van der Waals surface area contributed by atoms with Gasteiger partial charge in [-0.15, -0.1) is 0 Å². The van der Waals surface area contributed by atoms with Crippen LogP contribution in [0.2, 0.25) is 0 Å². The molecule has 0 radical (unpaired) electrons. The van der Waals surface area contributed by atoms with E-state index >= 15 is 0 Å². The fourth-order valence-corrected chi connectivity index (χ4v) is 3.14. The molecule has 18 heavy (non-hydrogen) atoms. The van der Waals surface area contributed by atoms with Gasteiger partial charge in [0, 0.05) is 23.8 Å². The topological polar surface area (TPSA) is 29.9 Å². The van der Waals surface area contributed by atoms with Crippen molar-refractivity contribution >= 4 is 21.6 Å². The molecule has 0 amide bonds. The summed E-state index contributed by atoms with van der Waals surface area (Å²) in [5.74, 6) is 0.676. The number of hydrogen-bond acceptors (Lipinski definition) is 2. The zero-order chi connectivity index (χ0) is 12.5. The summed E-state index contributed by atoms with van der Waals surface area (Å²) in [6, 6.07) is 9.09. The van der Waals surface area contributed by atoms with Crippen molar-refractivity contribution in [3.63, 3.8) is 0 Å². The molecule has 0 spiro atoms. The van der Waals surface area contributed by atoms with E-state index in [1.165, 1.54) is 22.9 Å². The highest BCUT2D eigenvalue weighted by Gasteiger charge is 2.31. The van der Waals surface area contributed by atoms with E-state index in [9.17, 15) is 0 Å². The van der Waals surface area contributed by atoms with E-state index in [0.717, 1.165) is 5.69 Å². The maximum atomic E-state index is 4.17. The van der Waals surface area contributed by atoms with Gasteiger partial charge < -0.3 is 5.32 Å². The molecule has 0 aliphatic heterocycles. The maximum Gasteiger partial charge on any atom is 0.0728 e. The van der Waals surface area contributed by atoms with Crippen LogP contribution in [0.3, 0.4) is 0 Å². The number of rotatable bonds is 3. The molecule has 1 saturated carbocycles. The van der Waals surface area contributed by atoms with Crippen LogP contribution in [-0.2, 0) is 7.05 Å². The van der Waals surface area contributed by atoms with Crippen LogP contribution < -0.4 is 5.32 Å². The minimum Gasteiger partial charge on any atom is -0.380 e. The number of aryl methyl sites for hydroxylation is 1. The molecule has 1 heterocycles. The summed E-state index contributed by atoms with van der Waals surface area (Å²) in [5.41, 5.74) is 2.55. The van der Waals surface area contributed by atoms with Gasteiger partial charge in [0.15, 0.2) is 0 Å². The molecular weight excluding hydrogens is 290 g/mol. The number of hydrogen-bond donors (Lipinski definition) is 1. The van der Waals surface area contributed by atoms with Crippen molar-refractivity contribution in [2.24, 2.45) is 7.05 Å². The molecule has 1 fully saturated rings. The summed E-state index contributed by atoms with van der Waals surface area (Å²) in [7, 11) is 1.94. The van der Waals surface area contributed by atoms with Gasteiger partial charge in [0.2, 0.25) is 0 Å². The van der Waals surface area contributed by atoms with Crippen molar-refractivity contribution in [3.8, 4) is 0 Å². The first kappa shape index (κ1) is 11.8. The Hall–Kier alpha value is -1.29. The zero-order valence-electron chi connectivity index (χ0n) is 10.3. The standard InChI is InChI=1S/C14H16BrN3/c1-18-9-12(8-16-18)17-11-6-10(7-11)13-4-2-3-5-14(13)15/h2-5,8-11,17H,6-7H2,1H3. The lowest BCUT2D eigenvalue weighted by atomic mass is 9.76. The van der Waals surface area contributed by atoms with Crippen molar-refractivity contribution < 1.29 is 0 Å². The van der Waals surface area contributed by atoms with Crippen LogP contribution in [0, 0.1) is 0 Å². The number of nitrogens with zero attached hydrogens (tertiary/aromatic N) is 2. The average Bonchev–Trinajstić information content (AvgIpc) is 2.70. The Bertz CT molecular complexity index is 543. The van der Waals surface area contributed by atoms with E-state index < -0.39 is 0 Å². The van der Waals surface area contributed by atoms with Gasteiger partial charge in [0.25, 0.3) is 0 Å². The summed E-state index contributed by atoms with van der Waals surface area (Å²) in [4.78, 5) is 0. The quantitative estimate of drug-likeness (QED) is 0.940. The maximum absolute atomic E-state index is 4.17. The Kier molecular flexibility index (Phi) is 3.12. The molecule has 0 saturated heterocycles. The van der Waals surface area contributed by atoms with Crippen LogP contribution in [-0.4, -0.2) is 15.8 Å². The first-order valence-electron chi connectivity index (χ1n) is 6.22. The van der Waals surface area contributed by atoms with Crippen LogP contribution in [0.5, 0.6) is 0 Å². The van der Waals surface area contributed by atoms with Gasteiger partial charge in [-0.05, 0) is 30.4 Å². The highest BCUT2D eigenvalue weighted by Crippen LogP contribution is 2.41. The normalized spacial score (nSPS) is 22.6. The molecule has 1 aromatic heterocycles. The van der Waals surface area contributed by atoms with E-state index in [-0.39, 0.29) is 0 Å². The lowest BCUT2D eigenvalue weighted by Gasteiger charge is -2.37. The predicted molar refractivity (Wildman–Crippen MR) is 76.7 cm³/mol. The number of anilines is 1. The second kappa shape index (κ2) is 4.76. The van der Waals surface area contributed by atoms with Crippen LogP contribution in [0.4, 0.5) is 5.69 Å². The monoisotopic (exact) mass is 305 g/mol. The van der Waals surface area contributed by atoms with Gasteiger partial charge >= 0.3 is 0 Å². The zero-order valence-corrected chi connectivity index (χ0v) is 11.9. The molecule has 3 nitrogen and oxygen atoms in total. The number of nitrogens with one attached hydrogen (secondary N) is 1. The molecule has 2 aromatic rings. The lowest BCUT2D eigenvalue weighted by Crippen LogP contribution is -2.34. The molecule has 3 rings (SSSR count). The minimum absolute atomic E-state index is 0.575. The van der Waals surface area contributed by atoms with Crippen molar-refractivity contribution in [1.82, 2.24) is 9.78 Å². The van der Waals surface area contributed by atoms with Crippen LogP contribution >= 0.6 is 15.9 Å². The molecule has 0 atom stereocenters. The SMILES string of the molecule is Cn1cc(NC2CC(c3ccccc3Br)C2)cn1. The van der Waals surface area contributed by atoms with E-state index in [1.54, 1.807) is 0 Å². The summed E-state index contributed by atoms with van der Waals surface area (Å²) in [5, 5.41) is 7.69. The first-order valence-corrected chi connectivity index (χ1v) is 7.01. The third kappa shape index (κ3) is 2.29. The Balaban J connectivity index is 1.59. The largest absolute Gasteiger partial charge is 0.380 e. The highest BCUT2D eigenvalue weighted by atomic mass is 79.9. The van der Waals surface area contributed by atoms with Crippen molar-refractivity contribution in [1.29, 1.82) is 0 Å². The molecular formula is C14H16BrN3. The molecule has 94 valence electrons. The van der Waals surface area contributed by atoms with Crippen LogP contribution in [0.15, 0.2) is 41.1 Å². The highest BCUT2D eigenvalue weighted by molar-refractivity contribution is 9.10. The smallest absolute Gasteiger partial charge is 0.0728 e. The molecule has 0 unspecified atom stereocenters. The minimum atomic E-state index is 0.575. The number of benzene rings is 1. The Morgan fingerprint density at radius 2 is 2.11 bits per heavy atom. The second-order valence-electron chi connectivity index (χ2n) is 4.93. The van der Waals surface area contributed by atoms with Gasteiger partial charge in [-0.2, -0.15) is 5.10 Å². The summed E-state index contributed by atoms with van der Waals surface area (Å²) in [6.07, 6.45) is 6.28.